The fourth-order valence-corrected chi connectivity index (χ4v) is 3.40. The third-order valence-corrected chi connectivity index (χ3v) is 4.90. The van der Waals surface area contributed by atoms with Gasteiger partial charge >= 0.3 is 5.97 Å². The summed E-state index contributed by atoms with van der Waals surface area (Å²) in [5.74, 6) is -1.86. The average molecular weight is 369 g/mol. The van der Waals surface area contributed by atoms with E-state index in [1.165, 1.54) is 15.7 Å². The molecule has 10 nitrogen and oxygen atoms in total. The summed E-state index contributed by atoms with van der Waals surface area (Å²) in [5, 5.41) is 48.8. The van der Waals surface area contributed by atoms with Gasteiger partial charge in [0.15, 0.2) is 24.6 Å². The van der Waals surface area contributed by atoms with Crippen molar-refractivity contribution in [2.24, 2.45) is 0 Å². The van der Waals surface area contributed by atoms with Crippen LogP contribution in [0.3, 0.4) is 0 Å². The molecular formula is C16H21N2O8+. The Bertz CT molecular complexity index is 713. The van der Waals surface area contributed by atoms with Crippen molar-refractivity contribution in [2.75, 3.05) is 7.05 Å². The number of rotatable bonds is 3. The maximum absolute atomic E-state index is 11.8. The maximum Gasteiger partial charge on any atom is 0.335 e. The molecule has 2 fully saturated rings. The van der Waals surface area contributed by atoms with Crippen molar-refractivity contribution in [3.05, 3.63) is 30.1 Å². The number of carbonyl (C=O) groups is 2. The Kier molecular flexibility index (Phi) is 4.95. The lowest BCUT2D eigenvalue weighted by Gasteiger charge is -2.35. The largest absolute Gasteiger partial charge is 0.479 e. The van der Waals surface area contributed by atoms with Crippen molar-refractivity contribution in [1.29, 1.82) is 0 Å². The summed E-state index contributed by atoms with van der Waals surface area (Å²) in [5.41, 5.74) is 0.642. The third kappa shape index (κ3) is 3.06. The zero-order valence-electron chi connectivity index (χ0n) is 13.9. The van der Waals surface area contributed by atoms with Crippen LogP contribution in [0.5, 0.6) is 0 Å². The van der Waals surface area contributed by atoms with Crippen molar-refractivity contribution >= 4 is 11.9 Å². The van der Waals surface area contributed by atoms with E-state index in [1.807, 2.05) is 0 Å². The van der Waals surface area contributed by atoms with Gasteiger partial charge in [0, 0.05) is 25.1 Å². The van der Waals surface area contributed by atoms with Crippen LogP contribution in [0, 0.1) is 0 Å². The first-order valence-electron chi connectivity index (χ1n) is 8.10. The van der Waals surface area contributed by atoms with Crippen LogP contribution < -0.4 is 4.57 Å². The summed E-state index contributed by atoms with van der Waals surface area (Å²) in [7, 11) is 1.56. The molecule has 0 bridgehead atoms. The molecule has 1 amide bonds. The number of carboxylic acids is 1. The Balaban J connectivity index is 1.90. The summed E-state index contributed by atoms with van der Waals surface area (Å²) in [6, 6.07) is 2.94. The minimum atomic E-state index is -1.77. The van der Waals surface area contributed by atoms with Gasteiger partial charge in [-0.3, -0.25) is 4.79 Å². The number of carboxylic acid groups (broad SMARTS) is 1. The number of nitrogens with zero attached hydrogens (tertiary/aromatic N) is 2. The minimum absolute atomic E-state index is 0.201. The highest BCUT2D eigenvalue weighted by molar-refractivity contribution is 5.83. The quantitative estimate of drug-likeness (QED) is 0.361. The number of carbonyl (C=O) groups excluding carboxylic acids is 1. The first-order valence-corrected chi connectivity index (χ1v) is 8.10. The Labute approximate surface area is 148 Å². The number of aliphatic hydroxyl groups excluding tert-OH is 4. The molecule has 26 heavy (non-hydrogen) atoms. The van der Waals surface area contributed by atoms with Crippen molar-refractivity contribution in [3.8, 4) is 0 Å². The molecule has 5 N–H and O–H groups in total. The van der Waals surface area contributed by atoms with Crippen molar-refractivity contribution in [1.82, 2.24) is 4.90 Å². The molecule has 10 heteroatoms. The van der Waals surface area contributed by atoms with E-state index in [1.54, 1.807) is 25.4 Å². The molecular weight excluding hydrogens is 348 g/mol. The van der Waals surface area contributed by atoms with Gasteiger partial charge in [-0.2, -0.15) is 4.57 Å². The van der Waals surface area contributed by atoms with Gasteiger partial charge in [-0.25, -0.2) is 4.79 Å². The molecule has 3 rings (SSSR count). The van der Waals surface area contributed by atoms with Crippen LogP contribution in [-0.2, 0) is 14.3 Å². The number of pyridine rings is 1. The molecule has 0 spiro atoms. The number of hydrogen-bond donors (Lipinski definition) is 5. The summed E-state index contributed by atoms with van der Waals surface area (Å²) in [4.78, 5) is 24.4. The van der Waals surface area contributed by atoms with Gasteiger partial charge in [-0.05, 0) is 6.07 Å². The SMILES string of the molecule is CN1C(=O)[C@H](O)C[C@H]1c1ccc[n+](C2OC(C(=O)O)C(O)C(O)C2O)c1. The van der Waals surface area contributed by atoms with Crippen molar-refractivity contribution < 1.29 is 44.4 Å². The van der Waals surface area contributed by atoms with Crippen LogP contribution >= 0.6 is 0 Å². The van der Waals surface area contributed by atoms with Gasteiger partial charge in [0.25, 0.3) is 12.1 Å². The van der Waals surface area contributed by atoms with Crippen LogP contribution in [0.25, 0.3) is 0 Å². The van der Waals surface area contributed by atoms with E-state index in [4.69, 9.17) is 9.84 Å². The second kappa shape index (κ2) is 6.89. The normalized spacial score (nSPS) is 37.8. The predicted molar refractivity (Wildman–Crippen MR) is 82.3 cm³/mol. The molecule has 1 aromatic rings. The lowest BCUT2D eigenvalue weighted by atomic mass is 9.97. The Hall–Kier alpha value is -2.11. The fraction of sp³-hybridized carbons (Fsp3) is 0.562. The number of likely N-dealkylation sites (tertiary alicyclic amines) is 1. The van der Waals surface area contributed by atoms with Gasteiger partial charge in [0.05, 0.1) is 6.04 Å². The number of aliphatic hydroxyl groups is 4. The number of aliphatic carboxylic acids is 1. The predicted octanol–water partition coefficient (Wildman–Crippen LogP) is -2.70. The highest BCUT2D eigenvalue weighted by Gasteiger charge is 2.51. The maximum atomic E-state index is 11.8. The molecule has 0 radical (unpaired) electrons. The standard InChI is InChI=1S/C16H20N2O8/c1-17-8(5-9(19)14(17)23)7-3-2-4-18(6-7)15-12(22)10(20)11(21)13(26-15)16(24)25/h2-4,6,8-13,15,19-22H,5H2,1H3/p+1/t8-,9+,10?,11?,12?,13?,15?/m0/s1. The van der Waals surface area contributed by atoms with E-state index >= 15 is 0 Å². The van der Waals surface area contributed by atoms with Crippen LogP contribution in [0.2, 0.25) is 0 Å². The van der Waals surface area contributed by atoms with E-state index < -0.39 is 54.7 Å². The van der Waals surface area contributed by atoms with Crippen molar-refractivity contribution in [3.63, 3.8) is 0 Å². The zero-order chi connectivity index (χ0) is 19.2. The van der Waals surface area contributed by atoms with Crippen LogP contribution in [0.15, 0.2) is 24.5 Å². The van der Waals surface area contributed by atoms with E-state index in [9.17, 15) is 30.0 Å². The van der Waals surface area contributed by atoms with Gasteiger partial charge in [-0.15, -0.1) is 0 Å². The molecule has 0 aliphatic carbocycles. The molecule has 1 aromatic heterocycles. The number of ether oxygens (including phenoxy) is 1. The molecule has 2 saturated heterocycles. The smallest absolute Gasteiger partial charge is 0.335 e. The topological polar surface area (TPSA) is 152 Å². The van der Waals surface area contributed by atoms with E-state index in [2.05, 4.69) is 0 Å². The number of amides is 1. The summed E-state index contributed by atoms with van der Waals surface area (Å²) >= 11 is 0. The molecule has 142 valence electrons. The monoisotopic (exact) mass is 369 g/mol. The molecule has 5 unspecified atom stereocenters. The van der Waals surface area contributed by atoms with Crippen LogP contribution in [-0.4, -0.2) is 79.9 Å². The Morgan fingerprint density at radius 1 is 1.23 bits per heavy atom. The average Bonchev–Trinajstić information content (AvgIpc) is 2.87. The van der Waals surface area contributed by atoms with Crippen LogP contribution in [0.1, 0.15) is 24.3 Å². The van der Waals surface area contributed by atoms with Gasteiger partial charge in [-0.1, -0.05) is 0 Å². The minimum Gasteiger partial charge on any atom is -0.479 e. The molecule has 3 heterocycles. The summed E-state index contributed by atoms with van der Waals surface area (Å²) in [6.45, 7) is 0. The third-order valence-electron chi connectivity index (χ3n) is 4.90. The molecule has 2 aliphatic heterocycles. The van der Waals surface area contributed by atoms with Crippen molar-refractivity contribution in [2.45, 2.75) is 49.2 Å². The lowest BCUT2D eigenvalue weighted by molar-refractivity contribution is -0.777. The van der Waals surface area contributed by atoms with E-state index in [-0.39, 0.29) is 6.42 Å². The summed E-state index contributed by atoms with van der Waals surface area (Å²) in [6.07, 6.45) is -5.82. The zero-order valence-corrected chi connectivity index (χ0v) is 13.9. The van der Waals surface area contributed by atoms with Gasteiger partial charge in [0.2, 0.25) is 0 Å². The van der Waals surface area contributed by atoms with Crippen LogP contribution in [0.4, 0.5) is 0 Å². The first kappa shape index (κ1) is 18.7. The molecule has 0 saturated carbocycles. The number of hydrogen-bond acceptors (Lipinski definition) is 7. The molecule has 0 aromatic carbocycles. The van der Waals surface area contributed by atoms with E-state index in [0.29, 0.717) is 5.56 Å². The summed E-state index contributed by atoms with van der Waals surface area (Å²) < 4.78 is 6.66. The second-order valence-electron chi connectivity index (χ2n) is 6.56. The Morgan fingerprint density at radius 3 is 2.50 bits per heavy atom. The number of aromatic nitrogens is 1. The van der Waals surface area contributed by atoms with E-state index in [0.717, 1.165) is 0 Å². The Morgan fingerprint density at radius 2 is 1.92 bits per heavy atom. The number of likely N-dealkylation sites (N-methyl/N-ethyl adjacent to an activating group) is 1. The lowest BCUT2D eigenvalue weighted by Crippen LogP contribution is -2.63. The first-order chi connectivity index (χ1) is 12.2. The molecule has 2 aliphatic rings. The van der Waals surface area contributed by atoms with Gasteiger partial charge in [0.1, 0.15) is 18.3 Å². The van der Waals surface area contributed by atoms with Gasteiger partial charge < -0.3 is 35.2 Å². The molecule has 7 atom stereocenters. The highest BCUT2D eigenvalue weighted by atomic mass is 16.6. The fourth-order valence-electron chi connectivity index (χ4n) is 3.40. The second-order valence-corrected chi connectivity index (χ2v) is 6.56. The highest BCUT2D eigenvalue weighted by Crippen LogP contribution is 2.31.